The number of nitrogens with zero attached hydrogens (tertiary/aromatic N) is 2. The molecule has 1 aliphatic carbocycles. The van der Waals surface area contributed by atoms with Gasteiger partial charge in [0, 0.05) is 33.4 Å². The van der Waals surface area contributed by atoms with Crippen molar-refractivity contribution >= 4 is 38.9 Å². The van der Waals surface area contributed by atoms with Gasteiger partial charge < -0.3 is 9.47 Å². The average Bonchev–Trinajstić information content (AvgIpc) is 1.45. The fourth-order valence-corrected chi connectivity index (χ4v) is 14.5. The Kier molecular flexibility index (Phi) is 14.4. The molecule has 0 saturated heterocycles. The molecule has 0 fully saturated rings. The Morgan fingerprint density at radius 2 is 0.543 bits per heavy atom. The molecule has 1 aromatic heterocycles. The molecular weight excluding hydrogens is 1130 g/mol. The molecule has 0 radical (unpaired) electrons. The van der Waals surface area contributed by atoms with Crippen LogP contribution in [-0.2, 0) is 12.8 Å². The highest BCUT2D eigenvalue weighted by molar-refractivity contribution is 6.12. The van der Waals surface area contributed by atoms with Gasteiger partial charge in [0.05, 0.1) is 16.7 Å². The van der Waals surface area contributed by atoms with Gasteiger partial charge in [-0.25, -0.2) is 0 Å². The van der Waals surface area contributed by atoms with Crippen LogP contribution in [0.25, 0.3) is 128 Å². The molecule has 442 valence electrons. The quantitative estimate of drug-likeness (QED) is 0.125. The minimum Gasteiger partial charge on any atom is -0.310 e. The second-order valence-corrected chi connectivity index (χ2v) is 24.8. The molecule has 0 aliphatic heterocycles. The molecule has 94 heavy (non-hydrogen) atoms. The van der Waals surface area contributed by atoms with Crippen molar-refractivity contribution in [2.45, 2.75) is 12.8 Å². The highest BCUT2D eigenvalue weighted by Crippen LogP contribution is 2.48. The molecule has 0 N–H and O–H groups in total. The van der Waals surface area contributed by atoms with E-state index in [9.17, 15) is 0 Å². The molecule has 1 aliphatic rings. The maximum atomic E-state index is 2.52. The number of anilines is 3. The Bertz CT molecular complexity index is 5260. The molecule has 2 nitrogen and oxygen atoms in total. The Labute approximate surface area is 549 Å². The first-order valence-electron chi connectivity index (χ1n) is 32.6. The number of benzene rings is 15. The Balaban J connectivity index is 0.792. The third-order valence-corrected chi connectivity index (χ3v) is 19.1. The van der Waals surface area contributed by atoms with E-state index in [0.717, 1.165) is 68.9 Å². The SMILES string of the molecule is c1ccc(-c2cccc(-c3ccc4c(c3)c3cc(-c5cccc(-c6ccccc6)c5)ccc3n4-c3ccc(-c4ccc(N(c5cc(-c6ccccc6)cc(-c6ccccc6)c5)c5cccc6c5-c5ccccc5Cc5ccccc5-c5ccccc5C6)cc4)cc3)c2)cc1. The van der Waals surface area contributed by atoms with Crippen LogP contribution < -0.4 is 4.90 Å². The number of hydrogen-bond donors (Lipinski definition) is 0. The molecule has 2 heteroatoms. The lowest BCUT2D eigenvalue weighted by Crippen LogP contribution is -2.13. The first-order chi connectivity index (χ1) is 46.6. The summed E-state index contributed by atoms with van der Waals surface area (Å²) in [5.74, 6) is 0. The van der Waals surface area contributed by atoms with E-state index in [1.165, 1.54) is 111 Å². The minimum absolute atomic E-state index is 0.772. The maximum absolute atomic E-state index is 2.52. The summed E-state index contributed by atoms with van der Waals surface area (Å²) in [7, 11) is 0. The fraction of sp³-hybridized carbons (Fsp3) is 0.0217. The standard InChI is InChI=1S/C92H64N2/c1-5-22-63(23-6-1)69-33-19-35-71(54-69)73-46-52-89-87(61-73)88-62-74(72-36-20-34-70(55-72)64-24-7-2-8-25-64)47-53-90(88)94(89)82-50-44-68(45-51-82)67-42-48-81(49-43-67)93(83-59-79(65-26-9-3-10-27-65)58-80(60-83)66-28-11-4-12-29-66)91-41-21-37-78-57-76-31-14-17-39-85(76)84-38-16-13-30-75(84)56-77-32-15-18-40-86(77)92(78)91/h1-55,58-62H,56-57H2. The molecule has 17 rings (SSSR count). The number of rotatable bonds is 11. The second kappa shape index (κ2) is 24.3. The average molecular weight is 1200 g/mol. The van der Waals surface area contributed by atoms with Crippen LogP contribution in [0.5, 0.6) is 0 Å². The maximum Gasteiger partial charge on any atom is 0.0543 e. The van der Waals surface area contributed by atoms with E-state index >= 15 is 0 Å². The van der Waals surface area contributed by atoms with Crippen LogP contribution in [0.3, 0.4) is 0 Å². The van der Waals surface area contributed by atoms with Crippen LogP contribution in [0.2, 0.25) is 0 Å². The summed E-state index contributed by atoms with van der Waals surface area (Å²) in [6, 6.07) is 135. The lowest BCUT2D eigenvalue weighted by Gasteiger charge is -2.31. The van der Waals surface area contributed by atoms with E-state index in [1.807, 2.05) is 0 Å². The molecule has 0 unspecified atom stereocenters. The molecule has 16 aromatic rings. The van der Waals surface area contributed by atoms with Gasteiger partial charge in [-0.1, -0.05) is 279 Å². The van der Waals surface area contributed by atoms with Crippen LogP contribution in [-0.4, -0.2) is 4.57 Å². The van der Waals surface area contributed by atoms with Crippen LogP contribution in [0, 0.1) is 0 Å². The van der Waals surface area contributed by atoms with Crippen LogP contribution >= 0.6 is 0 Å². The van der Waals surface area contributed by atoms with Crippen molar-refractivity contribution in [1.82, 2.24) is 4.57 Å². The molecular formula is C92H64N2. The van der Waals surface area contributed by atoms with Gasteiger partial charge >= 0.3 is 0 Å². The zero-order valence-electron chi connectivity index (χ0n) is 51.9. The molecule has 0 bridgehead atoms. The molecule has 0 amide bonds. The van der Waals surface area contributed by atoms with E-state index in [0.29, 0.717) is 0 Å². The zero-order chi connectivity index (χ0) is 62.3. The molecule has 1 heterocycles. The lowest BCUT2D eigenvalue weighted by atomic mass is 9.83. The Morgan fingerprint density at radius 3 is 1.03 bits per heavy atom. The van der Waals surface area contributed by atoms with E-state index < -0.39 is 0 Å². The van der Waals surface area contributed by atoms with Crippen molar-refractivity contribution in [2.75, 3.05) is 4.90 Å². The lowest BCUT2D eigenvalue weighted by molar-refractivity contribution is 1.14. The normalized spacial score (nSPS) is 11.7. The number of aromatic nitrogens is 1. The summed E-state index contributed by atoms with van der Waals surface area (Å²) in [4.78, 5) is 2.52. The summed E-state index contributed by atoms with van der Waals surface area (Å²) in [5, 5.41) is 2.42. The van der Waals surface area contributed by atoms with Gasteiger partial charge in [0.2, 0.25) is 0 Å². The Hall–Kier alpha value is -12.1. The summed E-state index contributed by atoms with van der Waals surface area (Å²) < 4.78 is 2.45. The highest BCUT2D eigenvalue weighted by atomic mass is 15.1. The zero-order valence-corrected chi connectivity index (χ0v) is 51.9. The molecule has 15 aromatic carbocycles. The van der Waals surface area contributed by atoms with E-state index in [-0.39, 0.29) is 0 Å². The summed E-state index contributed by atoms with van der Waals surface area (Å²) in [5.41, 5.74) is 33.5. The van der Waals surface area contributed by atoms with Crippen molar-refractivity contribution in [3.05, 3.63) is 386 Å². The van der Waals surface area contributed by atoms with Gasteiger partial charge in [0.15, 0.2) is 0 Å². The predicted octanol–water partition coefficient (Wildman–Crippen LogP) is 24.8. The summed E-state index contributed by atoms with van der Waals surface area (Å²) >= 11 is 0. The third-order valence-electron chi connectivity index (χ3n) is 19.1. The Morgan fingerprint density at radius 1 is 0.213 bits per heavy atom. The van der Waals surface area contributed by atoms with Crippen LogP contribution in [0.4, 0.5) is 17.1 Å². The van der Waals surface area contributed by atoms with Crippen LogP contribution in [0.15, 0.2) is 364 Å². The predicted molar refractivity (Wildman–Crippen MR) is 396 cm³/mol. The number of hydrogen-bond acceptors (Lipinski definition) is 1. The van der Waals surface area contributed by atoms with Crippen molar-refractivity contribution in [1.29, 1.82) is 0 Å². The largest absolute Gasteiger partial charge is 0.310 e. The second-order valence-electron chi connectivity index (χ2n) is 24.8. The van der Waals surface area contributed by atoms with Crippen molar-refractivity contribution in [3.8, 4) is 106 Å². The summed E-state index contributed by atoms with van der Waals surface area (Å²) in [6.07, 6.45) is 1.57. The van der Waals surface area contributed by atoms with Crippen molar-refractivity contribution in [2.24, 2.45) is 0 Å². The first-order valence-corrected chi connectivity index (χ1v) is 32.6. The summed E-state index contributed by atoms with van der Waals surface area (Å²) in [6.45, 7) is 0. The van der Waals surface area contributed by atoms with Gasteiger partial charge in [0.25, 0.3) is 0 Å². The topological polar surface area (TPSA) is 8.17 Å². The molecule has 0 saturated carbocycles. The third kappa shape index (κ3) is 10.6. The van der Waals surface area contributed by atoms with Gasteiger partial charge in [-0.3, -0.25) is 0 Å². The van der Waals surface area contributed by atoms with E-state index in [2.05, 4.69) is 373 Å². The van der Waals surface area contributed by atoms with E-state index in [1.54, 1.807) is 0 Å². The van der Waals surface area contributed by atoms with Gasteiger partial charge in [-0.15, -0.1) is 0 Å². The molecule has 0 atom stereocenters. The van der Waals surface area contributed by atoms with Crippen LogP contribution in [0.1, 0.15) is 22.3 Å². The van der Waals surface area contributed by atoms with Crippen molar-refractivity contribution < 1.29 is 0 Å². The monoisotopic (exact) mass is 1200 g/mol. The highest BCUT2D eigenvalue weighted by Gasteiger charge is 2.26. The smallest absolute Gasteiger partial charge is 0.0543 e. The van der Waals surface area contributed by atoms with Gasteiger partial charge in [-0.05, 0) is 215 Å². The molecule has 0 spiro atoms. The van der Waals surface area contributed by atoms with E-state index in [4.69, 9.17) is 0 Å². The van der Waals surface area contributed by atoms with Gasteiger partial charge in [0.1, 0.15) is 0 Å². The van der Waals surface area contributed by atoms with Crippen molar-refractivity contribution in [3.63, 3.8) is 0 Å². The first kappa shape index (κ1) is 55.9. The van der Waals surface area contributed by atoms with Gasteiger partial charge in [-0.2, -0.15) is 0 Å². The number of fused-ring (bicyclic) bond motifs is 9. The fourth-order valence-electron chi connectivity index (χ4n) is 14.5. The minimum atomic E-state index is 0.772.